The van der Waals surface area contributed by atoms with E-state index in [1.165, 1.54) is 4.68 Å². The molecule has 14 heteroatoms. The maximum absolute atomic E-state index is 13.8. The van der Waals surface area contributed by atoms with Gasteiger partial charge in [-0.25, -0.2) is 14.6 Å². The van der Waals surface area contributed by atoms with Crippen LogP contribution in [-0.4, -0.2) is 24.9 Å². The van der Waals surface area contributed by atoms with Crippen molar-refractivity contribution in [1.29, 1.82) is 0 Å². The normalized spacial score (nSPS) is 11.6. The van der Waals surface area contributed by atoms with Crippen molar-refractivity contribution in [3.8, 4) is 16.9 Å². The fourth-order valence-corrected chi connectivity index (χ4v) is 4.65. The second-order valence-corrected chi connectivity index (χ2v) is 10.1. The van der Waals surface area contributed by atoms with Gasteiger partial charge in [0.1, 0.15) is 5.82 Å². The molecule has 3 aromatic carbocycles. The molecular weight excluding hydrogens is 617 g/mol. The van der Waals surface area contributed by atoms with Crippen molar-refractivity contribution in [2.24, 2.45) is 0 Å². The van der Waals surface area contributed by atoms with Gasteiger partial charge in [-0.1, -0.05) is 46.3 Å². The van der Waals surface area contributed by atoms with Gasteiger partial charge in [0.05, 0.1) is 23.3 Å². The molecule has 0 fully saturated rings. The predicted molar refractivity (Wildman–Crippen MR) is 152 cm³/mol. The summed E-state index contributed by atoms with van der Waals surface area (Å²) in [7, 11) is 0. The zero-order valence-electron chi connectivity index (χ0n) is 21.7. The third-order valence-corrected chi connectivity index (χ3v) is 6.91. The summed E-state index contributed by atoms with van der Waals surface area (Å²) in [5.41, 5.74) is 3.62. The number of halogens is 4. The fraction of sp³-hybridized carbons (Fsp3) is 0.107. The molecule has 0 saturated carbocycles. The molecule has 6 rings (SSSR count). The van der Waals surface area contributed by atoms with E-state index >= 15 is 0 Å². The van der Waals surface area contributed by atoms with Crippen molar-refractivity contribution in [3.63, 3.8) is 0 Å². The number of rotatable bonds is 7. The third-order valence-electron chi connectivity index (χ3n) is 6.38. The van der Waals surface area contributed by atoms with E-state index in [9.17, 15) is 18.4 Å². The highest BCUT2D eigenvalue weighted by Crippen LogP contribution is 2.34. The van der Waals surface area contributed by atoms with E-state index in [0.717, 1.165) is 10.0 Å². The molecule has 10 nitrogen and oxygen atoms in total. The topological polar surface area (TPSA) is 121 Å². The van der Waals surface area contributed by atoms with Crippen LogP contribution in [0.15, 0.2) is 88.0 Å². The van der Waals surface area contributed by atoms with Gasteiger partial charge in [-0.05, 0) is 60.4 Å². The Balaban J connectivity index is 1.28. The average molecular weight is 637 g/mol. The summed E-state index contributed by atoms with van der Waals surface area (Å²) in [5, 5.41) is 27.0. The summed E-state index contributed by atoms with van der Waals surface area (Å²) in [4.78, 5) is 7.99. The molecule has 0 unspecified atom stereocenters. The average Bonchev–Trinajstić information content (AvgIpc) is 3.52. The van der Waals surface area contributed by atoms with E-state index < -0.39 is 12.0 Å². The van der Waals surface area contributed by atoms with Crippen molar-refractivity contribution in [3.05, 3.63) is 106 Å². The van der Waals surface area contributed by atoms with Crippen LogP contribution >= 0.6 is 15.9 Å². The lowest BCUT2D eigenvalue weighted by atomic mass is 10.1. The summed E-state index contributed by atoms with van der Waals surface area (Å²) in [6.07, 6.45) is -4.78. The van der Waals surface area contributed by atoms with Crippen LogP contribution in [0, 0.1) is 12.1 Å². The zero-order chi connectivity index (χ0) is 29.4. The quantitative estimate of drug-likeness (QED) is 0.189. The highest BCUT2D eigenvalue weighted by molar-refractivity contribution is 9.10. The highest BCUT2D eigenvalue weighted by atomic mass is 79.9. The molecule has 3 aromatic heterocycles. The molecule has 6 aromatic rings. The lowest BCUT2D eigenvalue weighted by Crippen LogP contribution is -2.29. The number of alkyl halides is 3. The summed E-state index contributed by atoms with van der Waals surface area (Å²) in [6, 6.07) is 22.9. The van der Waals surface area contributed by atoms with Crippen LogP contribution < -0.4 is 15.5 Å². The van der Waals surface area contributed by atoms with E-state index in [1.54, 1.807) is 55.5 Å². The van der Waals surface area contributed by atoms with Crippen LogP contribution in [-0.2, 0) is 12.7 Å². The molecule has 0 aliphatic heterocycles. The van der Waals surface area contributed by atoms with Gasteiger partial charge < -0.3 is 15.8 Å². The van der Waals surface area contributed by atoms with Crippen LogP contribution in [0.4, 0.5) is 30.4 Å². The summed E-state index contributed by atoms with van der Waals surface area (Å²) >= 11 is 3.36. The largest absolute Gasteiger partial charge is 0.451 e. The minimum Gasteiger partial charge on any atom is -0.377 e. The van der Waals surface area contributed by atoms with Crippen molar-refractivity contribution in [2.45, 2.75) is 19.6 Å². The summed E-state index contributed by atoms with van der Waals surface area (Å²) in [6.45, 7) is 1.81. The Hall–Kier alpha value is -4.98. The number of benzene rings is 3. The molecule has 3 heterocycles. The number of nitrogens with one attached hydrogen (secondary N) is 2. The van der Waals surface area contributed by atoms with E-state index in [0.29, 0.717) is 44.4 Å². The maximum Gasteiger partial charge on any atom is 0.451 e. The first-order valence-electron chi connectivity index (χ1n) is 12.5. The maximum atomic E-state index is 13.8. The molecule has 42 heavy (non-hydrogen) atoms. The van der Waals surface area contributed by atoms with Crippen LogP contribution in [0.2, 0.25) is 0 Å². The molecule has 0 saturated heterocycles. The Labute approximate surface area is 244 Å². The Morgan fingerprint density at radius 2 is 1.64 bits per heavy atom. The van der Waals surface area contributed by atoms with Crippen LogP contribution in [0.5, 0.6) is 0 Å². The van der Waals surface area contributed by atoms with Crippen LogP contribution in [0.1, 0.15) is 17.2 Å². The zero-order valence-corrected chi connectivity index (χ0v) is 23.3. The van der Waals surface area contributed by atoms with Crippen molar-refractivity contribution < 1.29 is 22.7 Å². The van der Waals surface area contributed by atoms with Crippen molar-refractivity contribution in [1.82, 2.24) is 24.9 Å². The van der Waals surface area contributed by atoms with Gasteiger partial charge in [-0.2, -0.15) is 18.3 Å². The van der Waals surface area contributed by atoms with Gasteiger partial charge in [0.25, 0.3) is 5.69 Å². The standard InChI is InChI=1S/C28H20BrF3N8O2/c1-16-23-25(35-27(28(30,31)32)36-26(23)39(37-16)21-13-7-18(29)8-14-21)34-20-11-9-19(10-12-20)33-15-22-24(38-42-40(22)41)17-5-3-2-4-6-17/h2-14,33H,15H2,1H3,(H,34,35,36). The minimum absolute atomic E-state index is 0.0202. The summed E-state index contributed by atoms with van der Waals surface area (Å²) < 4.78 is 48.4. The molecule has 212 valence electrons. The Morgan fingerprint density at radius 3 is 2.33 bits per heavy atom. The van der Waals surface area contributed by atoms with E-state index in [-0.39, 0.29) is 18.0 Å². The van der Waals surface area contributed by atoms with E-state index in [1.807, 2.05) is 30.3 Å². The number of hydrogen-bond acceptors (Lipinski definition) is 8. The fourth-order valence-electron chi connectivity index (χ4n) is 4.39. The first-order chi connectivity index (χ1) is 20.2. The molecular formula is C28H20BrF3N8O2. The summed E-state index contributed by atoms with van der Waals surface area (Å²) in [5.74, 6) is -1.32. The molecule has 0 bridgehead atoms. The number of aryl methyl sites for hydroxylation is 1. The van der Waals surface area contributed by atoms with Gasteiger partial charge in [-0.15, -0.1) is 0 Å². The first-order valence-corrected chi connectivity index (χ1v) is 13.3. The van der Waals surface area contributed by atoms with Gasteiger partial charge in [0.2, 0.25) is 11.5 Å². The van der Waals surface area contributed by atoms with Crippen LogP contribution in [0.3, 0.4) is 0 Å². The number of anilines is 3. The Kier molecular flexibility index (Phi) is 6.98. The monoisotopic (exact) mass is 636 g/mol. The van der Waals surface area contributed by atoms with Gasteiger partial charge in [0.15, 0.2) is 5.65 Å². The molecule has 0 atom stereocenters. The van der Waals surface area contributed by atoms with E-state index in [4.69, 9.17) is 4.63 Å². The van der Waals surface area contributed by atoms with Gasteiger partial charge in [0, 0.05) is 26.6 Å². The third kappa shape index (κ3) is 5.35. The highest BCUT2D eigenvalue weighted by Gasteiger charge is 2.36. The molecule has 0 amide bonds. The lowest BCUT2D eigenvalue weighted by Gasteiger charge is -2.12. The first kappa shape index (κ1) is 27.2. The molecule has 0 radical (unpaired) electrons. The molecule has 0 aliphatic rings. The smallest absolute Gasteiger partial charge is 0.377 e. The second-order valence-electron chi connectivity index (χ2n) is 9.21. The Bertz CT molecular complexity index is 1870. The second kappa shape index (κ2) is 10.8. The van der Waals surface area contributed by atoms with E-state index in [2.05, 4.69) is 46.8 Å². The van der Waals surface area contributed by atoms with Crippen molar-refractivity contribution in [2.75, 3.05) is 10.6 Å². The molecule has 0 spiro atoms. The number of aromatic nitrogens is 6. The molecule has 2 N–H and O–H groups in total. The predicted octanol–water partition coefficient (Wildman–Crippen LogP) is 6.55. The van der Waals surface area contributed by atoms with Gasteiger partial charge in [-0.3, -0.25) is 4.63 Å². The minimum atomic E-state index is -4.78. The Morgan fingerprint density at radius 1 is 0.952 bits per heavy atom. The number of nitrogens with zero attached hydrogens (tertiary/aromatic N) is 6. The van der Waals surface area contributed by atoms with Crippen LogP contribution in [0.25, 0.3) is 28.0 Å². The SMILES string of the molecule is Cc1nn(-c2ccc(Br)cc2)c2nc(C(F)(F)F)nc(Nc3ccc(NCc4c(-c5ccccc5)no[n+]4[O-])cc3)c12. The number of hydrogen-bond donors (Lipinski definition) is 2. The van der Waals surface area contributed by atoms with Crippen molar-refractivity contribution >= 4 is 44.2 Å². The van der Waals surface area contributed by atoms with Gasteiger partial charge >= 0.3 is 6.18 Å². The number of fused-ring (bicyclic) bond motifs is 1. The molecule has 0 aliphatic carbocycles. The lowest BCUT2D eigenvalue weighted by molar-refractivity contribution is -0.807.